The Morgan fingerprint density at radius 3 is 2.68 bits per heavy atom. The predicted octanol–water partition coefficient (Wildman–Crippen LogP) is 4.63. The number of ether oxygens (including phenoxy) is 2. The summed E-state index contributed by atoms with van der Waals surface area (Å²) in [4.78, 5) is 13.6. The van der Waals surface area contributed by atoms with Crippen LogP contribution in [0.25, 0.3) is 0 Å². The van der Waals surface area contributed by atoms with Gasteiger partial charge < -0.3 is 14.8 Å². The summed E-state index contributed by atoms with van der Waals surface area (Å²) in [6.45, 7) is 4.03. The largest absolute Gasteiger partial charge is 0.497 e. The number of thiophene rings is 1. The highest BCUT2D eigenvalue weighted by atomic mass is 32.2. The molecular weight excluding hydrogens is 434 g/mol. The lowest BCUT2D eigenvalue weighted by atomic mass is 9.90. The average molecular weight is 456 g/mol. The molecule has 8 heteroatoms. The average Bonchev–Trinajstić information content (AvgIpc) is 3.22. The van der Waals surface area contributed by atoms with Gasteiger partial charge in [0.1, 0.15) is 23.0 Å². The number of sulfone groups is 1. The van der Waals surface area contributed by atoms with Gasteiger partial charge in [-0.15, -0.1) is 11.3 Å². The summed E-state index contributed by atoms with van der Waals surface area (Å²) in [6.07, 6.45) is 1.90. The molecular formula is C23H21NO5S2. The molecule has 2 heterocycles. The minimum Gasteiger partial charge on any atom is -0.497 e. The fraction of sp³-hybridized carbons (Fsp3) is 0.174. The Kier molecular flexibility index (Phi) is 5.84. The van der Waals surface area contributed by atoms with Crippen molar-refractivity contribution in [3.05, 3.63) is 77.0 Å². The Morgan fingerprint density at radius 1 is 1.19 bits per heavy atom. The minimum absolute atomic E-state index is 0.106. The molecule has 3 aromatic rings. The molecule has 1 atom stereocenters. The number of rotatable bonds is 7. The van der Waals surface area contributed by atoms with E-state index in [0.717, 1.165) is 10.4 Å². The zero-order valence-electron chi connectivity index (χ0n) is 16.8. The number of anilines is 1. The van der Waals surface area contributed by atoms with Crippen molar-refractivity contribution in [1.29, 1.82) is 0 Å². The number of hydrogen-bond donors (Lipinski definition) is 1. The van der Waals surface area contributed by atoms with Gasteiger partial charge in [-0.05, 0) is 42.0 Å². The van der Waals surface area contributed by atoms with Gasteiger partial charge in [-0.2, -0.15) is 0 Å². The highest BCUT2D eigenvalue weighted by Crippen LogP contribution is 2.46. The van der Waals surface area contributed by atoms with Gasteiger partial charge in [0.2, 0.25) is 15.7 Å². The lowest BCUT2D eigenvalue weighted by Gasteiger charge is -2.24. The van der Waals surface area contributed by atoms with E-state index in [-0.39, 0.29) is 28.0 Å². The Hall–Kier alpha value is -3.10. The molecule has 2 aromatic carbocycles. The molecule has 0 spiro atoms. The predicted molar refractivity (Wildman–Crippen MR) is 120 cm³/mol. The van der Waals surface area contributed by atoms with Crippen molar-refractivity contribution < 1.29 is 22.7 Å². The monoisotopic (exact) mass is 455 g/mol. The topological polar surface area (TPSA) is 81.7 Å². The first-order chi connectivity index (χ1) is 14.9. The van der Waals surface area contributed by atoms with E-state index in [2.05, 4.69) is 11.9 Å². The van der Waals surface area contributed by atoms with Crippen LogP contribution in [-0.4, -0.2) is 28.0 Å². The Bertz CT molecular complexity index is 1230. The summed E-state index contributed by atoms with van der Waals surface area (Å²) in [5.74, 6) is 0.770. The maximum Gasteiger partial charge on any atom is 0.225 e. The van der Waals surface area contributed by atoms with Gasteiger partial charge in [0, 0.05) is 22.6 Å². The first-order valence-electron chi connectivity index (χ1n) is 9.58. The molecule has 1 aromatic heterocycles. The SMILES string of the molecule is C=CCOc1cccc([C@H]2CC(=O)Nc3c(S(=O)(=O)c4ccc(OC)cc4)csc32)c1. The van der Waals surface area contributed by atoms with Gasteiger partial charge in [-0.1, -0.05) is 24.8 Å². The Morgan fingerprint density at radius 2 is 1.97 bits per heavy atom. The number of hydrogen-bond acceptors (Lipinski definition) is 6. The van der Waals surface area contributed by atoms with E-state index in [1.165, 1.54) is 30.6 Å². The van der Waals surface area contributed by atoms with Gasteiger partial charge in [-0.25, -0.2) is 8.42 Å². The second-order valence-electron chi connectivity index (χ2n) is 7.00. The summed E-state index contributed by atoms with van der Waals surface area (Å²) >= 11 is 1.33. The van der Waals surface area contributed by atoms with Crippen LogP contribution in [0.3, 0.4) is 0 Å². The minimum atomic E-state index is -3.81. The summed E-state index contributed by atoms with van der Waals surface area (Å²) in [5, 5.41) is 4.38. The first-order valence-corrected chi connectivity index (χ1v) is 11.9. The summed E-state index contributed by atoms with van der Waals surface area (Å²) < 4.78 is 37.3. The van der Waals surface area contributed by atoms with Crippen molar-refractivity contribution in [2.45, 2.75) is 22.1 Å². The molecule has 31 heavy (non-hydrogen) atoms. The van der Waals surface area contributed by atoms with Crippen LogP contribution in [0.1, 0.15) is 22.8 Å². The van der Waals surface area contributed by atoms with E-state index in [1.807, 2.05) is 24.3 Å². The molecule has 0 fully saturated rings. The van der Waals surface area contributed by atoms with Gasteiger partial charge in [0.15, 0.2) is 0 Å². The molecule has 160 valence electrons. The van der Waals surface area contributed by atoms with Crippen molar-refractivity contribution >= 4 is 32.8 Å². The molecule has 1 amide bonds. The van der Waals surface area contributed by atoms with E-state index in [0.29, 0.717) is 23.8 Å². The maximum absolute atomic E-state index is 13.3. The van der Waals surface area contributed by atoms with Crippen LogP contribution in [0.2, 0.25) is 0 Å². The van der Waals surface area contributed by atoms with E-state index < -0.39 is 9.84 Å². The van der Waals surface area contributed by atoms with Crippen LogP contribution in [-0.2, 0) is 14.6 Å². The maximum atomic E-state index is 13.3. The molecule has 0 radical (unpaired) electrons. The number of amides is 1. The lowest BCUT2D eigenvalue weighted by Crippen LogP contribution is -2.23. The molecule has 0 bridgehead atoms. The smallest absolute Gasteiger partial charge is 0.225 e. The highest BCUT2D eigenvalue weighted by molar-refractivity contribution is 7.91. The molecule has 0 saturated carbocycles. The summed E-state index contributed by atoms with van der Waals surface area (Å²) in [7, 11) is -2.29. The van der Waals surface area contributed by atoms with E-state index in [9.17, 15) is 13.2 Å². The number of carbonyl (C=O) groups is 1. The lowest BCUT2D eigenvalue weighted by molar-refractivity contribution is -0.116. The second-order valence-corrected chi connectivity index (χ2v) is 9.82. The van der Waals surface area contributed by atoms with Crippen molar-refractivity contribution in [1.82, 2.24) is 0 Å². The van der Waals surface area contributed by atoms with Crippen molar-refractivity contribution in [3.63, 3.8) is 0 Å². The number of methoxy groups -OCH3 is 1. The molecule has 0 saturated heterocycles. The van der Waals surface area contributed by atoms with E-state index in [1.54, 1.807) is 23.6 Å². The standard InChI is InChI=1S/C23H21NO5S2/c1-3-11-29-17-6-4-5-15(12-17)19-13-21(25)24-22-20(14-30-23(19)22)31(26,27)18-9-7-16(28-2)8-10-18/h3-10,12,14,19H,1,11,13H2,2H3,(H,24,25)/t19-/m1/s1. The van der Waals surface area contributed by atoms with Crippen LogP contribution in [0.5, 0.6) is 11.5 Å². The first kappa shape index (κ1) is 21.1. The van der Waals surface area contributed by atoms with Gasteiger partial charge in [-0.3, -0.25) is 4.79 Å². The molecule has 4 rings (SSSR count). The normalized spacial score (nSPS) is 15.6. The third kappa shape index (κ3) is 4.08. The third-order valence-corrected chi connectivity index (χ3v) is 8.08. The van der Waals surface area contributed by atoms with E-state index >= 15 is 0 Å². The summed E-state index contributed by atoms with van der Waals surface area (Å²) in [6, 6.07) is 13.7. The third-order valence-electron chi connectivity index (χ3n) is 5.04. The van der Waals surface area contributed by atoms with Crippen LogP contribution in [0, 0.1) is 0 Å². The molecule has 0 unspecified atom stereocenters. The van der Waals surface area contributed by atoms with Crippen molar-refractivity contribution in [2.24, 2.45) is 0 Å². The van der Waals surface area contributed by atoms with Crippen LogP contribution in [0.4, 0.5) is 5.69 Å². The molecule has 1 aliphatic heterocycles. The van der Waals surface area contributed by atoms with Gasteiger partial charge in [0.25, 0.3) is 0 Å². The quantitative estimate of drug-likeness (QED) is 0.526. The summed E-state index contributed by atoms with van der Waals surface area (Å²) in [5.41, 5.74) is 1.26. The fourth-order valence-electron chi connectivity index (χ4n) is 3.53. The second kappa shape index (κ2) is 8.56. The number of carbonyl (C=O) groups excluding carboxylic acids is 1. The Balaban J connectivity index is 1.74. The number of benzene rings is 2. The van der Waals surface area contributed by atoms with Crippen LogP contribution < -0.4 is 14.8 Å². The molecule has 0 aliphatic carbocycles. The van der Waals surface area contributed by atoms with Crippen LogP contribution in [0.15, 0.2) is 76.4 Å². The number of nitrogens with one attached hydrogen (secondary N) is 1. The van der Waals surface area contributed by atoms with Gasteiger partial charge >= 0.3 is 0 Å². The molecule has 1 aliphatic rings. The molecule has 6 nitrogen and oxygen atoms in total. The van der Waals surface area contributed by atoms with Crippen molar-refractivity contribution in [2.75, 3.05) is 19.0 Å². The zero-order valence-corrected chi connectivity index (χ0v) is 18.5. The molecule has 1 N–H and O–H groups in total. The number of fused-ring (bicyclic) bond motifs is 1. The van der Waals surface area contributed by atoms with E-state index in [4.69, 9.17) is 9.47 Å². The fourth-order valence-corrected chi connectivity index (χ4v) is 6.44. The Labute approximate surface area is 185 Å². The van der Waals surface area contributed by atoms with Crippen molar-refractivity contribution in [3.8, 4) is 11.5 Å². The van der Waals surface area contributed by atoms with Gasteiger partial charge in [0.05, 0.1) is 17.7 Å². The van der Waals surface area contributed by atoms with Crippen LogP contribution >= 0.6 is 11.3 Å². The zero-order chi connectivity index (χ0) is 22.0. The highest BCUT2D eigenvalue weighted by Gasteiger charge is 2.34.